The first-order chi connectivity index (χ1) is 16.9. The van der Waals surface area contributed by atoms with Gasteiger partial charge in [0.25, 0.3) is 0 Å². The van der Waals surface area contributed by atoms with Crippen molar-refractivity contribution >= 4 is 23.3 Å². The van der Waals surface area contributed by atoms with Gasteiger partial charge in [0.2, 0.25) is 0 Å². The number of thioether (sulfide) groups is 1. The summed E-state index contributed by atoms with van der Waals surface area (Å²) in [5.41, 5.74) is 0.0860. The summed E-state index contributed by atoms with van der Waals surface area (Å²) in [7, 11) is 0. The molecule has 0 saturated heterocycles. The van der Waals surface area contributed by atoms with Crippen molar-refractivity contribution in [2.75, 3.05) is 0 Å². The molecule has 35 heavy (non-hydrogen) atoms. The molecule has 178 valence electrons. The van der Waals surface area contributed by atoms with E-state index in [4.69, 9.17) is 0 Å². The van der Waals surface area contributed by atoms with Crippen molar-refractivity contribution < 1.29 is 13.9 Å². The van der Waals surface area contributed by atoms with E-state index in [2.05, 4.69) is 19.4 Å². The standard InChI is InChI=1S/C24H20F2N6OS2/c1-16(24(33,13-32-15-27-14-28-32)20-8-7-18(25)12-21(20)26)34-23-29-22(30-35-23)17-5-4-6-19(11-17)31-9-2-3-10-31/h2-12,14-16,33H,13H2,1H3/t16-,24?/m1/s1. The molecule has 0 bridgehead atoms. The second kappa shape index (κ2) is 9.68. The second-order valence-electron chi connectivity index (χ2n) is 7.93. The van der Waals surface area contributed by atoms with Gasteiger partial charge in [-0.3, -0.25) is 0 Å². The summed E-state index contributed by atoms with van der Waals surface area (Å²) in [5.74, 6) is -0.989. The lowest BCUT2D eigenvalue weighted by atomic mass is 9.90. The average molecular weight is 511 g/mol. The molecule has 0 aliphatic rings. The zero-order valence-electron chi connectivity index (χ0n) is 18.5. The molecule has 2 aromatic carbocycles. The lowest BCUT2D eigenvalue weighted by molar-refractivity contribution is 0.0133. The normalized spacial score (nSPS) is 14.1. The number of benzene rings is 2. The van der Waals surface area contributed by atoms with E-state index >= 15 is 0 Å². The molecule has 1 N–H and O–H groups in total. The van der Waals surface area contributed by atoms with E-state index in [1.165, 1.54) is 46.7 Å². The Morgan fingerprint density at radius 3 is 2.69 bits per heavy atom. The van der Waals surface area contributed by atoms with Gasteiger partial charge in [0.05, 0.1) is 6.54 Å². The van der Waals surface area contributed by atoms with Crippen LogP contribution >= 0.6 is 23.3 Å². The van der Waals surface area contributed by atoms with Gasteiger partial charge < -0.3 is 9.67 Å². The number of aliphatic hydroxyl groups is 1. The van der Waals surface area contributed by atoms with Crippen LogP contribution < -0.4 is 0 Å². The van der Waals surface area contributed by atoms with Crippen molar-refractivity contribution in [2.24, 2.45) is 0 Å². The topological polar surface area (TPSA) is 81.6 Å². The monoisotopic (exact) mass is 510 g/mol. The van der Waals surface area contributed by atoms with Crippen molar-refractivity contribution in [3.63, 3.8) is 0 Å². The maximum absolute atomic E-state index is 14.8. The molecule has 11 heteroatoms. The fraction of sp³-hybridized carbons (Fsp3) is 0.167. The predicted octanol–water partition coefficient (Wildman–Crippen LogP) is 4.93. The Bertz CT molecular complexity index is 1420. The van der Waals surface area contributed by atoms with E-state index in [1.807, 2.05) is 53.4 Å². The van der Waals surface area contributed by atoms with Gasteiger partial charge in [0.15, 0.2) is 10.2 Å². The van der Waals surface area contributed by atoms with Gasteiger partial charge in [-0.05, 0) is 48.8 Å². The Morgan fingerprint density at radius 2 is 1.94 bits per heavy atom. The fourth-order valence-corrected chi connectivity index (χ4v) is 5.76. The van der Waals surface area contributed by atoms with Gasteiger partial charge in [-0.1, -0.05) is 30.0 Å². The summed E-state index contributed by atoms with van der Waals surface area (Å²) in [4.78, 5) is 8.55. The molecule has 3 aromatic heterocycles. The lowest BCUT2D eigenvalue weighted by Crippen LogP contribution is -2.41. The first-order valence-electron chi connectivity index (χ1n) is 10.7. The first kappa shape index (κ1) is 23.3. The molecule has 0 spiro atoms. The summed E-state index contributed by atoms with van der Waals surface area (Å²) >= 11 is 2.46. The number of hydrogen-bond acceptors (Lipinski definition) is 7. The summed E-state index contributed by atoms with van der Waals surface area (Å²) in [6.07, 6.45) is 6.69. The van der Waals surface area contributed by atoms with Crippen molar-refractivity contribution in [3.8, 4) is 17.1 Å². The maximum Gasteiger partial charge on any atom is 0.174 e. The molecule has 0 aliphatic heterocycles. The molecule has 5 rings (SSSR count). The molecule has 3 heterocycles. The fourth-order valence-electron chi connectivity index (χ4n) is 3.77. The Balaban J connectivity index is 1.42. The van der Waals surface area contributed by atoms with E-state index < -0.39 is 22.5 Å². The van der Waals surface area contributed by atoms with Crippen LogP contribution in [0.2, 0.25) is 0 Å². The van der Waals surface area contributed by atoms with Gasteiger partial charge in [-0.15, -0.1) is 0 Å². The SMILES string of the molecule is C[C@@H](Sc1nc(-c2cccc(-n3cccc3)c2)ns1)C(O)(Cn1cncn1)c1ccc(F)cc1F. The van der Waals surface area contributed by atoms with Crippen LogP contribution in [0, 0.1) is 11.6 Å². The summed E-state index contributed by atoms with van der Waals surface area (Å²) < 4.78 is 36.9. The second-order valence-corrected chi connectivity index (χ2v) is 10.3. The Labute approximate surface area is 208 Å². The molecular formula is C24H20F2N6OS2. The third kappa shape index (κ3) is 4.88. The van der Waals surface area contributed by atoms with Crippen LogP contribution in [0.3, 0.4) is 0 Å². The Hall–Kier alpha value is -3.41. The quantitative estimate of drug-likeness (QED) is 0.298. The van der Waals surface area contributed by atoms with Gasteiger partial charge >= 0.3 is 0 Å². The third-order valence-electron chi connectivity index (χ3n) is 5.63. The Kier molecular flexibility index (Phi) is 6.46. The number of rotatable bonds is 8. The average Bonchev–Trinajstić information content (AvgIpc) is 3.62. The predicted molar refractivity (Wildman–Crippen MR) is 130 cm³/mol. The highest BCUT2D eigenvalue weighted by Crippen LogP contribution is 2.40. The van der Waals surface area contributed by atoms with Crippen molar-refractivity contribution in [1.29, 1.82) is 0 Å². The van der Waals surface area contributed by atoms with Crippen LogP contribution in [-0.4, -0.2) is 39.0 Å². The van der Waals surface area contributed by atoms with Crippen LogP contribution in [-0.2, 0) is 12.1 Å². The van der Waals surface area contributed by atoms with Gasteiger partial charge in [0, 0.05) is 40.5 Å². The molecule has 5 aromatic rings. The van der Waals surface area contributed by atoms with Crippen LogP contribution in [0.4, 0.5) is 8.78 Å². The molecule has 1 unspecified atom stereocenters. The van der Waals surface area contributed by atoms with Crippen molar-refractivity contribution in [2.45, 2.75) is 28.7 Å². The van der Waals surface area contributed by atoms with Crippen LogP contribution in [0.5, 0.6) is 0 Å². The van der Waals surface area contributed by atoms with Crippen LogP contribution in [0.25, 0.3) is 17.1 Å². The highest BCUT2D eigenvalue weighted by Gasteiger charge is 2.40. The van der Waals surface area contributed by atoms with Crippen LogP contribution in [0.1, 0.15) is 12.5 Å². The minimum atomic E-state index is -1.73. The molecule has 7 nitrogen and oxygen atoms in total. The number of halogens is 2. The van der Waals surface area contributed by atoms with Crippen molar-refractivity contribution in [1.82, 2.24) is 28.7 Å². The van der Waals surface area contributed by atoms with E-state index in [0.29, 0.717) is 10.2 Å². The zero-order valence-corrected chi connectivity index (χ0v) is 20.1. The zero-order chi connectivity index (χ0) is 24.4. The number of aromatic nitrogens is 6. The van der Waals surface area contributed by atoms with E-state index in [0.717, 1.165) is 23.4 Å². The summed E-state index contributed by atoms with van der Waals surface area (Å²) in [6.45, 7) is 1.69. The van der Waals surface area contributed by atoms with E-state index in [-0.39, 0.29) is 12.1 Å². The number of nitrogens with zero attached hydrogens (tertiary/aromatic N) is 6. The summed E-state index contributed by atoms with van der Waals surface area (Å²) in [6, 6.07) is 14.9. The largest absolute Gasteiger partial charge is 0.382 e. The molecule has 2 atom stereocenters. The Morgan fingerprint density at radius 1 is 1.11 bits per heavy atom. The minimum absolute atomic E-state index is 0.0291. The summed E-state index contributed by atoms with van der Waals surface area (Å²) in [5, 5.41) is 15.2. The van der Waals surface area contributed by atoms with E-state index in [9.17, 15) is 13.9 Å². The molecule has 0 radical (unpaired) electrons. The molecule has 0 aliphatic carbocycles. The van der Waals surface area contributed by atoms with Crippen LogP contribution in [0.15, 0.2) is 84.0 Å². The molecule has 0 saturated carbocycles. The molecular weight excluding hydrogens is 490 g/mol. The van der Waals surface area contributed by atoms with E-state index in [1.54, 1.807) is 6.92 Å². The third-order valence-corrected chi connectivity index (χ3v) is 7.69. The van der Waals surface area contributed by atoms with Crippen molar-refractivity contribution in [3.05, 3.63) is 96.8 Å². The lowest BCUT2D eigenvalue weighted by Gasteiger charge is -2.33. The maximum atomic E-state index is 14.8. The molecule has 0 amide bonds. The first-order valence-corrected chi connectivity index (χ1v) is 12.3. The van der Waals surface area contributed by atoms with Gasteiger partial charge in [-0.2, -0.15) is 9.47 Å². The minimum Gasteiger partial charge on any atom is -0.382 e. The molecule has 0 fully saturated rings. The highest BCUT2D eigenvalue weighted by atomic mass is 32.2. The smallest absolute Gasteiger partial charge is 0.174 e. The highest BCUT2D eigenvalue weighted by molar-refractivity contribution is 8.01. The van der Waals surface area contributed by atoms with Gasteiger partial charge in [-0.25, -0.2) is 23.4 Å². The van der Waals surface area contributed by atoms with Gasteiger partial charge in [0.1, 0.15) is 29.9 Å². The number of hydrogen-bond donors (Lipinski definition) is 1.